The van der Waals surface area contributed by atoms with Crippen molar-refractivity contribution in [2.24, 2.45) is 10.7 Å². The molecule has 1 amide bonds. The number of likely N-dealkylation sites (tertiary alicyclic amines) is 1. The zero-order valence-corrected chi connectivity index (χ0v) is 16.3. The van der Waals surface area contributed by atoms with Crippen LogP contribution in [0.1, 0.15) is 24.2 Å². The van der Waals surface area contributed by atoms with Crippen LogP contribution in [-0.4, -0.2) is 59.0 Å². The summed E-state index contributed by atoms with van der Waals surface area (Å²) in [6.45, 7) is 3.45. The van der Waals surface area contributed by atoms with E-state index in [-0.39, 0.29) is 5.91 Å². The molecule has 1 aromatic heterocycles. The van der Waals surface area contributed by atoms with E-state index >= 15 is 0 Å². The molecule has 0 spiro atoms. The van der Waals surface area contributed by atoms with Gasteiger partial charge in [0, 0.05) is 45.1 Å². The van der Waals surface area contributed by atoms with E-state index in [1.54, 1.807) is 7.05 Å². The van der Waals surface area contributed by atoms with Crippen LogP contribution in [0.3, 0.4) is 0 Å². The van der Waals surface area contributed by atoms with Gasteiger partial charge >= 0.3 is 0 Å². The van der Waals surface area contributed by atoms with Crippen LogP contribution in [0.5, 0.6) is 0 Å². The summed E-state index contributed by atoms with van der Waals surface area (Å²) >= 11 is 0. The van der Waals surface area contributed by atoms with Gasteiger partial charge in [-0.05, 0) is 18.4 Å². The maximum Gasteiger partial charge on any atom is 0.231 e. The average molecular weight is 384 g/mol. The molecule has 150 valence electrons. The van der Waals surface area contributed by atoms with Gasteiger partial charge in [0.05, 0.1) is 13.1 Å². The highest BCUT2D eigenvalue weighted by Crippen LogP contribution is 2.10. The van der Waals surface area contributed by atoms with E-state index in [1.807, 2.05) is 30.6 Å². The molecule has 28 heavy (non-hydrogen) atoms. The number of benzene rings is 1. The first kappa shape index (κ1) is 19.9. The summed E-state index contributed by atoms with van der Waals surface area (Å²) < 4.78 is 2.14. The predicted octanol–water partition coefficient (Wildman–Crippen LogP) is 0.546. The third-order valence-corrected chi connectivity index (χ3v) is 4.94. The second kappa shape index (κ2) is 9.89. The van der Waals surface area contributed by atoms with E-state index in [2.05, 4.69) is 42.2 Å². The lowest BCUT2D eigenvalue weighted by atomic mass is 10.1. The largest absolute Gasteiger partial charge is 0.369 e. The fraction of sp³-hybridized carbons (Fsp3) is 0.450. The van der Waals surface area contributed by atoms with Gasteiger partial charge in [-0.25, -0.2) is 4.98 Å². The van der Waals surface area contributed by atoms with Gasteiger partial charge in [0.15, 0.2) is 5.96 Å². The van der Waals surface area contributed by atoms with Crippen LogP contribution < -0.4 is 16.4 Å². The van der Waals surface area contributed by atoms with Gasteiger partial charge in [-0.2, -0.15) is 0 Å². The summed E-state index contributed by atoms with van der Waals surface area (Å²) in [6, 6.07) is 10.7. The van der Waals surface area contributed by atoms with Gasteiger partial charge in [0.25, 0.3) is 0 Å². The Morgan fingerprint density at radius 1 is 1.29 bits per heavy atom. The summed E-state index contributed by atoms with van der Waals surface area (Å²) in [5, 5.41) is 6.83. The van der Waals surface area contributed by atoms with Crippen LogP contribution in [-0.2, 0) is 17.9 Å². The number of rotatable bonds is 7. The minimum Gasteiger partial charge on any atom is -0.369 e. The molecule has 0 atom stereocenters. The maximum absolute atomic E-state index is 11.0. The first-order valence-corrected chi connectivity index (χ1v) is 9.66. The molecule has 0 unspecified atom stereocenters. The number of piperidine rings is 1. The number of imidazole rings is 1. The zero-order chi connectivity index (χ0) is 19.8. The number of hydrogen-bond acceptors (Lipinski definition) is 4. The molecule has 0 saturated carbocycles. The first-order chi connectivity index (χ1) is 13.6. The molecule has 8 heteroatoms. The van der Waals surface area contributed by atoms with Crippen molar-refractivity contribution < 1.29 is 4.79 Å². The zero-order valence-electron chi connectivity index (χ0n) is 16.3. The molecule has 1 aliphatic heterocycles. The van der Waals surface area contributed by atoms with Gasteiger partial charge in [0.1, 0.15) is 5.82 Å². The molecule has 2 heterocycles. The Labute approximate surface area is 165 Å². The number of nitrogens with one attached hydrogen (secondary N) is 2. The van der Waals surface area contributed by atoms with Gasteiger partial charge in [-0.15, -0.1) is 0 Å². The van der Waals surface area contributed by atoms with Crippen LogP contribution in [0.25, 0.3) is 0 Å². The Morgan fingerprint density at radius 2 is 2.04 bits per heavy atom. The van der Waals surface area contributed by atoms with E-state index < -0.39 is 0 Å². The number of nitrogens with two attached hydrogens (primary N) is 1. The quantitative estimate of drug-likeness (QED) is 0.479. The van der Waals surface area contributed by atoms with Crippen molar-refractivity contribution in [2.75, 3.05) is 26.7 Å². The van der Waals surface area contributed by atoms with Crippen LogP contribution in [0.4, 0.5) is 0 Å². The van der Waals surface area contributed by atoms with E-state index in [0.29, 0.717) is 19.1 Å². The summed E-state index contributed by atoms with van der Waals surface area (Å²) in [5.74, 6) is 1.46. The fourth-order valence-electron chi connectivity index (χ4n) is 3.44. The molecule has 4 N–H and O–H groups in total. The number of carbonyl (C=O) groups is 1. The second-order valence-electron chi connectivity index (χ2n) is 7.04. The lowest BCUT2D eigenvalue weighted by molar-refractivity contribution is -0.119. The average Bonchev–Trinajstić information content (AvgIpc) is 3.14. The number of primary amides is 1. The minimum atomic E-state index is -0.269. The smallest absolute Gasteiger partial charge is 0.231 e. The molecule has 1 saturated heterocycles. The highest BCUT2D eigenvalue weighted by molar-refractivity contribution is 5.79. The number of aromatic nitrogens is 2. The highest BCUT2D eigenvalue weighted by atomic mass is 16.1. The molecule has 1 aliphatic rings. The molecule has 1 fully saturated rings. The molecule has 3 rings (SSSR count). The Morgan fingerprint density at radius 3 is 2.71 bits per heavy atom. The van der Waals surface area contributed by atoms with E-state index in [1.165, 1.54) is 5.56 Å². The molecule has 0 bridgehead atoms. The summed E-state index contributed by atoms with van der Waals surface area (Å²) in [4.78, 5) is 21.9. The van der Waals surface area contributed by atoms with Crippen molar-refractivity contribution >= 4 is 11.9 Å². The summed E-state index contributed by atoms with van der Waals surface area (Å²) in [7, 11) is 1.77. The summed E-state index contributed by atoms with van der Waals surface area (Å²) in [5.41, 5.74) is 6.52. The van der Waals surface area contributed by atoms with Crippen molar-refractivity contribution in [1.82, 2.24) is 25.1 Å². The second-order valence-corrected chi connectivity index (χ2v) is 7.04. The van der Waals surface area contributed by atoms with Crippen molar-refractivity contribution in [1.29, 1.82) is 0 Å². The third kappa shape index (κ3) is 5.82. The molecule has 0 aliphatic carbocycles. The number of nitrogens with zero attached hydrogens (tertiary/aromatic N) is 4. The normalized spacial score (nSPS) is 16.1. The number of aliphatic imine (C=N–C) groups is 1. The summed E-state index contributed by atoms with van der Waals surface area (Å²) in [6.07, 6.45) is 5.73. The SMILES string of the molecule is CN=C(NCc1nccn1Cc1ccccc1)NC1CCN(CC(N)=O)CC1. The van der Waals surface area contributed by atoms with E-state index in [4.69, 9.17) is 5.73 Å². The van der Waals surface area contributed by atoms with Crippen molar-refractivity contribution in [3.8, 4) is 0 Å². The lowest BCUT2D eigenvalue weighted by Gasteiger charge is -2.32. The number of carbonyl (C=O) groups excluding carboxylic acids is 1. The molecule has 1 aromatic carbocycles. The van der Waals surface area contributed by atoms with Crippen molar-refractivity contribution in [3.05, 3.63) is 54.1 Å². The van der Waals surface area contributed by atoms with Gasteiger partial charge < -0.3 is 20.9 Å². The fourth-order valence-corrected chi connectivity index (χ4v) is 3.44. The Kier molecular flexibility index (Phi) is 7.02. The topological polar surface area (TPSA) is 101 Å². The van der Waals surface area contributed by atoms with Gasteiger partial charge in [0.2, 0.25) is 5.91 Å². The van der Waals surface area contributed by atoms with Crippen molar-refractivity contribution in [3.63, 3.8) is 0 Å². The first-order valence-electron chi connectivity index (χ1n) is 9.66. The molecule has 2 aromatic rings. The van der Waals surface area contributed by atoms with Crippen LogP contribution in [0.2, 0.25) is 0 Å². The van der Waals surface area contributed by atoms with Crippen LogP contribution >= 0.6 is 0 Å². The van der Waals surface area contributed by atoms with Gasteiger partial charge in [-0.1, -0.05) is 30.3 Å². The molecule has 8 nitrogen and oxygen atoms in total. The van der Waals surface area contributed by atoms with E-state index in [9.17, 15) is 4.79 Å². The number of hydrogen-bond donors (Lipinski definition) is 3. The molecular formula is C20H29N7O. The minimum absolute atomic E-state index is 0.269. The highest BCUT2D eigenvalue weighted by Gasteiger charge is 2.20. The Bertz CT molecular complexity index is 779. The standard InChI is InChI=1S/C20H29N7O/c1-22-20(25-17-7-10-26(11-8-17)15-18(21)28)24-13-19-23-9-12-27(19)14-16-5-3-2-4-6-16/h2-6,9,12,17H,7-8,10-11,13-15H2,1H3,(H2,21,28)(H2,22,24,25). The molecule has 0 radical (unpaired) electrons. The lowest BCUT2D eigenvalue weighted by Crippen LogP contribution is -2.49. The number of guanidine groups is 1. The van der Waals surface area contributed by atoms with Gasteiger partial charge in [-0.3, -0.25) is 14.7 Å². The Hall–Kier alpha value is -2.87. The van der Waals surface area contributed by atoms with Crippen molar-refractivity contribution in [2.45, 2.75) is 32.0 Å². The van der Waals surface area contributed by atoms with Crippen LogP contribution in [0, 0.1) is 0 Å². The maximum atomic E-state index is 11.0. The number of amides is 1. The van der Waals surface area contributed by atoms with E-state index in [0.717, 1.165) is 44.3 Å². The Balaban J connectivity index is 1.48. The molecular weight excluding hydrogens is 354 g/mol. The predicted molar refractivity (Wildman–Crippen MR) is 110 cm³/mol. The van der Waals surface area contributed by atoms with Crippen LogP contribution in [0.15, 0.2) is 47.7 Å². The monoisotopic (exact) mass is 383 g/mol. The third-order valence-electron chi connectivity index (χ3n) is 4.94.